The van der Waals surface area contributed by atoms with Crippen LogP contribution in [0.3, 0.4) is 0 Å². The van der Waals surface area contributed by atoms with Crippen LogP contribution in [-0.4, -0.2) is 12.7 Å². The summed E-state index contributed by atoms with van der Waals surface area (Å²) in [7, 11) is 0. The van der Waals surface area contributed by atoms with Gasteiger partial charge in [0.2, 0.25) is 0 Å². The van der Waals surface area contributed by atoms with Gasteiger partial charge >= 0.3 is 0 Å². The second kappa shape index (κ2) is 12.9. The van der Waals surface area contributed by atoms with Gasteiger partial charge in [-0.3, -0.25) is 0 Å². The van der Waals surface area contributed by atoms with Crippen LogP contribution < -0.4 is 0 Å². The van der Waals surface area contributed by atoms with Crippen LogP contribution in [0.15, 0.2) is 0 Å². The molecular formula is C35H64O. The fourth-order valence-electron chi connectivity index (χ4n) is 10.6. The molecule has 0 spiro atoms. The van der Waals surface area contributed by atoms with Crippen molar-refractivity contribution in [1.29, 1.82) is 0 Å². The van der Waals surface area contributed by atoms with Crippen molar-refractivity contribution in [3.8, 4) is 0 Å². The van der Waals surface area contributed by atoms with Crippen LogP contribution in [0.25, 0.3) is 0 Å². The molecule has 0 heterocycles. The summed E-state index contributed by atoms with van der Waals surface area (Å²) in [5.41, 5.74) is 1.18. The first-order chi connectivity index (χ1) is 17.3. The van der Waals surface area contributed by atoms with Crippen LogP contribution in [0.1, 0.15) is 157 Å². The van der Waals surface area contributed by atoms with Gasteiger partial charge in [-0.25, -0.2) is 0 Å². The van der Waals surface area contributed by atoms with Crippen LogP contribution in [0.5, 0.6) is 0 Å². The van der Waals surface area contributed by atoms with Gasteiger partial charge in [0.1, 0.15) is 0 Å². The van der Waals surface area contributed by atoms with Crippen molar-refractivity contribution in [1.82, 2.24) is 0 Å². The fourth-order valence-corrected chi connectivity index (χ4v) is 10.6. The number of rotatable bonds is 13. The summed E-state index contributed by atoms with van der Waals surface area (Å²) >= 11 is 0. The SMILES string of the molecule is CCCCCCCCOC1CCC2CC[C@H]3[C@@H]4CC[C@H]([C@H](C)CCCC(C)C)[C@@]4(C)CC[C@@H]3[C@@]2(C)C1. The van der Waals surface area contributed by atoms with Crippen molar-refractivity contribution >= 4 is 0 Å². The van der Waals surface area contributed by atoms with Crippen molar-refractivity contribution in [2.24, 2.45) is 52.3 Å². The number of fused-ring (bicyclic) bond motifs is 5. The lowest BCUT2D eigenvalue weighted by atomic mass is 9.44. The molecule has 0 amide bonds. The lowest BCUT2D eigenvalue weighted by molar-refractivity contribution is -0.141. The summed E-state index contributed by atoms with van der Waals surface area (Å²) < 4.78 is 6.59. The molecule has 0 saturated heterocycles. The molecule has 4 saturated carbocycles. The van der Waals surface area contributed by atoms with Crippen LogP contribution in [0.2, 0.25) is 0 Å². The third-order valence-corrected chi connectivity index (χ3v) is 12.6. The van der Waals surface area contributed by atoms with Gasteiger partial charge in [-0.1, -0.05) is 92.9 Å². The molecule has 0 aromatic heterocycles. The van der Waals surface area contributed by atoms with Crippen molar-refractivity contribution in [2.45, 2.75) is 163 Å². The normalized spacial score (nSPS) is 41.1. The Kier molecular flexibility index (Phi) is 10.4. The molecule has 4 aliphatic carbocycles. The molecule has 210 valence electrons. The lowest BCUT2D eigenvalue weighted by Crippen LogP contribution is -2.54. The summed E-state index contributed by atoms with van der Waals surface area (Å²) in [5.74, 6) is 6.75. The van der Waals surface area contributed by atoms with E-state index in [-0.39, 0.29) is 0 Å². The van der Waals surface area contributed by atoms with E-state index in [1.807, 2.05) is 0 Å². The molecule has 4 fully saturated rings. The van der Waals surface area contributed by atoms with E-state index >= 15 is 0 Å². The Morgan fingerprint density at radius 3 is 2.22 bits per heavy atom. The third-order valence-electron chi connectivity index (χ3n) is 12.6. The molecule has 0 aromatic carbocycles. The highest BCUT2D eigenvalue weighted by atomic mass is 16.5. The van der Waals surface area contributed by atoms with Crippen molar-refractivity contribution < 1.29 is 4.74 Å². The number of ether oxygens (including phenoxy) is 1. The Morgan fingerprint density at radius 2 is 1.44 bits per heavy atom. The average Bonchev–Trinajstić information content (AvgIpc) is 3.20. The zero-order valence-electron chi connectivity index (χ0n) is 25.5. The molecule has 1 heteroatoms. The van der Waals surface area contributed by atoms with Gasteiger partial charge in [0.05, 0.1) is 6.10 Å². The van der Waals surface area contributed by atoms with E-state index in [1.54, 1.807) is 6.42 Å². The maximum Gasteiger partial charge on any atom is 0.0580 e. The zero-order valence-corrected chi connectivity index (χ0v) is 25.5. The predicted molar refractivity (Wildman–Crippen MR) is 156 cm³/mol. The smallest absolute Gasteiger partial charge is 0.0580 e. The third kappa shape index (κ3) is 6.23. The minimum absolute atomic E-state index is 0.547. The maximum absolute atomic E-state index is 6.59. The molecule has 4 aliphatic rings. The number of hydrogen-bond donors (Lipinski definition) is 0. The van der Waals surface area contributed by atoms with Crippen LogP contribution in [0, 0.1) is 52.3 Å². The number of hydrogen-bond acceptors (Lipinski definition) is 1. The Balaban J connectivity index is 1.32. The molecule has 0 radical (unpaired) electrons. The highest BCUT2D eigenvalue weighted by molar-refractivity contribution is 5.10. The van der Waals surface area contributed by atoms with E-state index in [9.17, 15) is 0 Å². The van der Waals surface area contributed by atoms with Gasteiger partial charge in [-0.2, -0.15) is 0 Å². The van der Waals surface area contributed by atoms with Gasteiger partial charge in [0, 0.05) is 6.61 Å². The Labute approximate surface area is 226 Å². The summed E-state index contributed by atoms with van der Waals surface area (Å²) in [5, 5.41) is 0. The zero-order chi connectivity index (χ0) is 25.8. The minimum atomic E-state index is 0.547. The van der Waals surface area contributed by atoms with E-state index in [4.69, 9.17) is 4.74 Å². The number of unbranched alkanes of at least 4 members (excludes halogenated alkanes) is 5. The van der Waals surface area contributed by atoms with Crippen LogP contribution in [0.4, 0.5) is 0 Å². The van der Waals surface area contributed by atoms with Gasteiger partial charge < -0.3 is 4.74 Å². The second-order valence-electron chi connectivity index (χ2n) is 15.2. The molecule has 0 bridgehead atoms. The van der Waals surface area contributed by atoms with Gasteiger partial charge in [-0.05, 0) is 116 Å². The summed E-state index contributed by atoms with van der Waals surface area (Å²) in [6.45, 7) is 16.2. The van der Waals surface area contributed by atoms with Gasteiger partial charge in [-0.15, -0.1) is 0 Å². The molecular weight excluding hydrogens is 436 g/mol. The molecule has 4 rings (SSSR count). The second-order valence-corrected chi connectivity index (χ2v) is 15.2. The highest BCUT2D eigenvalue weighted by Gasteiger charge is 2.60. The lowest BCUT2D eigenvalue weighted by Gasteiger charge is -2.61. The fraction of sp³-hybridized carbons (Fsp3) is 1.00. The summed E-state index contributed by atoms with van der Waals surface area (Å²) in [4.78, 5) is 0. The largest absolute Gasteiger partial charge is 0.378 e. The van der Waals surface area contributed by atoms with E-state index in [1.165, 1.54) is 109 Å². The predicted octanol–water partition coefficient (Wildman–Crippen LogP) is 10.9. The minimum Gasteiger partial charge on any atom is -0.378 e. The van der Waals surface area contributed by atoms with E-state index in [0.29, 0.717) is 16.9 Å². The monoisotopic (exact) mass is 500 g/mol. The van der Waals surface area contributed by atoms with Crippen molar-refractivity contribution in [3.05, 3.63) is 0 Å². The standard InChI is InChI=1S/C35H64O/c1-7-8-9-10-11-12-24-36-29-18-16-28-17-19-30-32-21-20-31(27(4)15-13-14-26(2)3)34(32,5)23-22-33(30)35(28,6)25-29/h26-33H,7-25H2,1-6H3/t27-,28?,29?,30+,31-,32+,33+,34-,35+/m1/s1. The van der Waals surface area contributed by atoms with Crippen molar-refractivity contribution in [2.75, 3.05) is 6.61 Å². The molecule has 0 aliphatic heterocycles. The Bertz CT molecular complexity index is 655. The molecule has 2 unspecified atom stereocenters. The Morgan fingerprint density at radius 1 is 0.722 bits per heavy atom. The van der Waals surface area contributed by atoms with Crippen LogP contribution in [-0.2, 0) is 4.74 Å². The van der Waals surface area contributed by atoms with Gasteiger partial charge in [0.15, 0.2) is 0 Å². The van der Waals surface area contributed by atoms with E-state index in [2.05, 4.69) is 41.5 Å². The van der Waals surface area contributed by atoms with Crippen LogP contribution >= 0.6 is 0 Å². The highest BCUT2D eigenvalue weighted by Crippen LogP contribution is 2.68. The molecule has 36 heavy (non-hydrogen) atoms. The van der Waals surface area contributed by atoms with Gasteiger partial charge in [0.25, 0.3) is 0 Å². The topological polar surface area (TPSA) is 9.23 Å². The van der Waals surface area contributed by atoms with E-state index in [0.717, 1.165) is 48.0 Å². The first-order valence-corrected chi connectivity index (χ1v) is 16.9. The summed E-state index contributed by atoms with van der Waals surface area (Å²) in [6, 6.07) is 0. The molecule has 1 nitrogen and oxygen atoms in total. The summed E-state index contributed by atoms with van der Waals surface area (Å²) in [6.07, 6.45) is 26.4. The van der Waals surface area contributed by atoms with E-state index < -0.39 is 0 Å². The molecule has 0 N–H and O–H groups in total. The average molecular weight is 501 g/mol. The first kappa shape index (κ1) is 29.0. The maximum atomic E-state index is 6.59. The Hall–Kier alpha value is -0.0400. The molecule has 9 atom stereocenters. The molecule has 0 aromatic rings. The quantitative estimate of drug-likeness (QED) is 0.228. The first-order valence-electron chi connectivity index (χ1n) is 16.9. The van der Waals surface area contributed by atoms with Crippen molar-refractivity contribution in [3.63, 3.8) is 0 Å².